The van der Waals surface area contributed by atoms with Gasteiger partial charge in [0.25, 0.3) is 0 Å². The van der Waals surface area contributed by atoms with Gasteiger partial charge >= 0.3 is 119 Å². The highest BCUT2D eigenvalue weighted by Crippen LogP contribution is 2.30. The number of aliphatic carboxylic acids is 2. The zero-order chi connectivity index (χ0) is 99.8. The van der Waals surface area contributed by atoms with Gasteiger partial charge in [0.15, 0.2) is 0 Å². The normalized spacial score (nSPS) is 10.5. The molecule has 4 N–H and O–H groups in total. The highest BCUT2D eigenvalue weighted by molar-refractivity contribution is 5.87. The Morgan fingerprint density at radius 1 is 0.192 bits per heavy atom. The minimum Gasteiger partial charge on any atom is -0.481 e. The van der Waals surface area contributed by atoms with Gasteiger partial charge in [-0.25, -0.2) is 71.9 Å². The van der Waals surface area contributed by atoms with E-state index < -0.39 is 296 Å². The van der Waals surface area contributed by atoms with Gasteiger partial charge in [-0.2, -0.15) is 0 Å². The fourth-order valence-electron chi connectivity index (χ4n) is 8.10. The summed E-state index contributed by atoms with van der Waals surface area (Å²) in [6, 6.07) is 0. The van der Waals surface area contributed by atoms with E-state index in [1.165, 1.54) is 0 Å². The van der Waals surface area contributed by atoms with Crippen LogP contribution in [0, 0.1) is 32.5 Å². The van der Waals surface area contributed by atoms with Crippen molar-refractivity contribution in [1.82, 2.24) is 0 Å². The standard InChI is InChI=1S/C29H36O15.C25H34O12.C18H22O10.C14H18O7/c1-6-22(32)39-15-28(16-40-23(33)7-2,17-41-24(34)8-3)13-38-14-29(18-42-25(35)9-4,19-43-26(36)10-5)20-44-27(37)12-11-21(30)31;1-6-19(27)33-14-24(11-26,15-34-20(28)7-2)12-32-13-25(16-35-21(29)8-3,17-36-22(30)9-4)18-37-23(31)10-5;1-4-14(21)25-9-18(10-26-15(22)5-2,11-27-16(23)6-3)12-28-17(24)8-7-13(19)20;1-4-11(16)19-8-14(7-15,9-20-12(17)5-2)10-21-13(18)6-3/h6-10H,1-5,11-20H2,(H,30,31);6-9,26H,1-4,10-18H2,5H3;4-6H,1-3,7-12H2,(H,19,20);4-6,15H,1-3,7-10H2. The summed E-state index contributed by atoms with van der Waals surface area (Å²) in [6.07, 6.45) is 11.6. The number of ether oxygens (including phenoxy) is 20. The molecule has 130 heavy (non-hydrogen) atoms. The Balaban J connectivity index is -0.000000841. The molecule has 0 aromatic heterocycles. The van der Waals surface area contributed by atoms with Gasteiger partial charge in [-0.05, 0) is 0 Å². The molecule has 44 nitrogen and oxygen atoms in total. The number of aliphatic hydroxyl groups is 2. The molecule has 0 rings (SSSR count). The van der Waals surface area contributed by atoms with E-state index in [4.69, 9.17) is 105 Å². The first-order valence-electron chi connectivity index (χ1n) is 37.6. The molecule has 0 spiro atoms. The van der Waals surface area contributed by atoms with Crippen LogP contribution in [0.4, 0.5) is 0 Å². The quantitative estimate of drug-likeness (QED) is 0.0386. The molecular weight excluding hydrogens is 1740 g/mol. The summed E-state index contributed by atoms with van der Waals surface area (Å²) in [6.45, 7) is 39.5. The second kappa shape index (κ2) is 69.5. The summed E-state index contributed by atoms with van der Waals surface area (Å²) in [7, 11) is 0. The van der Waals surface area contributed by atoms with Gasteiger partial charge in [-0.15, -0.1) is 0 Å². The molecular formula is C86H110O44. The molecule has 44 heteroatoms. The lowest BCUT2D eigenvalue weighted by Crippen LogP contribution is -2.47. The SMILES string of the molecule is C=CC(=O)OCC(CO)(COC(=O)C=C)COC(=O)C=C.C=CC(=O)OCC(CO)(COCC(COC(=O)C=C)(COC(=O)C=C)COC(=O)CC)COC(=O)C=C.C=CC(=O)OCC(COC(=O)C=C)(COC(=O)C=C)COC(=O)CCC(=O)O.C=CC(=O)OCC(COCC(COC(=O)C=C)(COC(=O)C=C)COC(=O)CCC(=O)O)(COC(=O)C=C)COC(=O)C=C. The van der Waals surface area contributed by atoms with Gasteiger partial charge in [0, 0.05) is 97.6 Å². The van der Waals surface area contributed by atoms with Crippen LogP contribution in [0.2, 0.25) is 0 Å². The van der Waals surface area contributed by atoms with Crippen LogP contribution < -0.4 is 0 Å². The van der Waals surface area contributed by atoms with Crippen molar-refractivity contribution in [3.8, 4) is 0 Å². The predicted molar refractivity (Wildman–Crippen MR) is 445 cm³/mol. The summed E-state index contributed by atoms with van der Waals surface area (Å²) in [4.78, 5) is 231. The van der Waals surface area contributed by atoms with Gasteiger partial charge in [0.1, 0.15) is 124 Å². The molecule has 0 aliphatic carbocycles. The van der Waals surface area contributed by atoms with Gasteiger partial charge in [0.2, 0.25) is 0 Å². The summed E-state index contributed by atoms with van der Waals surface area (Å²) in [5.41, 5.74) is -8.69. The number of carbonyl (C=O) groups excluding carboxylic acids is 18. The van der Waals surface area contributed by atoms with Crippen LogP contribution in [0.3, 0.4) is 0 Å². The van der Waals surface area contributed by atoms with Crippen molar-refractivity contribution in [2.24, 2.45) is 32.5 Å². The Kier molecular flexibility index (Phi) is 65.1. The second-order valence-corrected chi connectivity index (χ2v) is 26.6. The van der Waals surface area contributed by atoms with Crippen LogP contribution in [0.15, 0.2) is 190 Å². The maximum atomic E-state index is 12.2. The minimum absolute atomic E-state index is 0.0484. The number of aliphatic hydroxyl groups excluding tert-OH is 2. The van der Waals surface area contributed by atoms with Crippen LogP contribution >= 0.6 is 0 Å². The molecule has 0 radical (unpaired) electrons. The third kappa shape index (κ3) is 57.8. The lowest BCUT2D eigenvalue weighted by Gasteiger charge is -2.35. The van der Waals surface area contributed by atoms with E-state index in [0.717, 1.165) is 91.1 Å². The number of esters is 18. The Morgan fingerprint density at radius 2 is 0.315 bits per heavy atom. The lowest BCUT2D eigenvalue weighted by atomic mass is 9.90. The Morgan fingerprint density at radius 3 is 0.454 bits per heavy atom. The molecule has 0 unspecified atom stereocenters. The van der Waals surface area contributed by atoms with Crippen LogP contribution in [0.5, 0.6) is 0 Å². The zero-order valence-corrected chi connectivity index (χ0v) is 71.9. The predicted octanol–water partition coefficient (Wildman–Crippen LogP) is 2.59. The molecule has 0 saturated carbocycles. The van der Waals surface area contributed by atoms with Crippen LogP contribution in [-0.2, 0) is 191 Å². The monoisotopic (exact) mass is 1850 g/mol. The van der Waals surface area contributed by atoms with Crippen molar-refractivity contribution in [1.29, 1.82) is 0 Å². The molecule has 0 aromatic rings. The second-order valence-electron chi connectivity index (χ2n) is 26.6. The molecule has 0 saturated heterocycles. The number of carbonyl (C=O) groups is 20. The maximum absolute atomic E-state index is 12.2. The molecule has 0 aliphatic heterocycles. The first kappa shape index (κ1) is 122. The molecule has 0 amide bonds. The maximum Gasteiger partial charge on any atom is 0.330 e. The molecule has 718 valence electrons. The highest BCUT2D eigenvalue weighted by atomic mass is 16.6. The number of carboxylic acids is 2. The summed E-state index contributed by atoms with van der Waals surface area (Å²) < 4.78 is 102. The fourth-order valence-corrected chi connectivity index (χ4v) is 8.10. The van der Waals surface area contributed by atoms with Crippen molar-refractivity contribution in [2.75, 3.05) is 159 Å². The first-order chi connectivity index (χ1) is 61.4. The van der Waals surface area contributed by atoms with Crippen molar-refractivity contribution in [3.63, 3.8) is 0 Å². The molecule has 0 atom stereocenters. The molecule has 0 aromatic carbocycles. The van der Waals surface area contributed by atoms with Gasteiger partial charge in [-0.3, -0.25) is 24.0 Å². The number of hydrogen-bond donors (Lipinski definition) is 4. The first-order valence-corrected chi connectivity index (χ1v) is 37.6. The average Bonchev–Trinajstić information content (AvgIpc) is 0.819. The molecule has 0 aliphatic rings. The van der Waals surface area contributed by atoms with E-state index in [1.807, 2.05) is 0 Å². The topological polar surface area (TPSA) is 607 Å². The van der Waals surface area contributed by atoms with E-state index in [0.29, 0.717) is 0 Å². The van der Waals surface area contributed by atoms with Gasteiger partial charge in [-0.1, -0.05) is 106 Å². The third-order valence-corrected chi connectivity index (χ3v) is 15.6. The molecule has 0 bridgehead atoms. The van der Waals surface area contributed by atoms with E-state index in [1.54, 1.807) is 6.92 Å². The van der Waals surface area contributed by atoms with Gasteiger partial charge < -0.3 is 115 Å². The summed E-state index contributed by atoms with van der Waals surface area (Å²) in [5, 5.41) is 37.0. The Bertz CT molecular complexity index is 3730. The van der Waals surface area contributed by atoms with Crippen molar-refractivity contribution >= 4 is 119 Å². The van der Waals surface area contributed by atoms with E-state index in [-0.39, 0.29) is 46.1 Å². The van der Waals surface area contributed by atoms with Crippen molar-refractivity contribution in [3.05, 3.63) is 190 Å². The smallest absolute Gasteiger partial charge is 0.330 e. The average molecular weight is 1850 g/mol. The molecule has 0 heterocycles. The van der Waals surface area contributed by atoms with E-state index in [2.05, 4.69) is 98.7 Å². The van der Waals surface area contributed by atoms with Crippen molar-refractivity contribution in [2.45, 2.75) is 39.0 Å². The van der Waals surface area contributed by atoms with Crippen LogP contribution in [0.25, 0.3) is 0 Å². The molecule has 0 fully saturated rings. The largest absolute Gasteiger partial charge is 0.481 e. The Hall–Kier alpha value is -14.7. The fraction of sp³-hybridized carbons (Fsp3) is 0.419. The minimum atomic E-state index is -1.60. The summed E-state index contributed by atoms with van der Waals surface area (Å²) >= 11 is 0. The van der Waals surface area contributed by atoms with Gasteiger partial charge in [0.05, 0.1) is 92.4 Å². The zero-order valence-electron chi connectivity index (χ0n) is 71.9. The van der Waals surface area contributed by atoms with E-state index >= 15 is 0 Å². The third-order valence-electron chi connectivity index (χ3n) is 15.6. The van der Waals surface area contributed by atoms with Crippen molar-refractivity contribution < 1.29 is 211 Å². The number of rotatable bonds is 68. The number of carboxylic acid groups (broad SMARTS) is 2. The van der Waals surface area contributed by atoms with E-state index in [9.17, 15) is 106 Å². The van der Waals surface area contributed by atoms with Crippen LogP contribution in [0.1, 0.15) is 39.0 Å². The summed E-state index contributed by atoms with van der Waals surface area (Å²) in [5.74, 6) is -17.0. The Labute approximate surface area is 747 Å². The highest BCUT2D eigenvalue weighted by Gasteiger charge is 2.44. The van der Waals surface area contributed by atoms with Crippen LogP contribution in [-0.4, -0.2) is 298 Å². The number of hydrogen-bond acceptors (Lipinski definition) is 42. The lowest BCUT2D eigenvalue weighted by molar-refractivity contribution is -0.174.